The summed E-state index contributed by atoms with van der Waals surface area (Å²) < 4.78 is 13.7. The lowest BCUT2D eigenvalue weighted by atomic mass is 9.66. The number of nitrogens with zero attached hydrogens (tertiary/aromatic N) is 1. The van der Waals surface area contributed by atoms with Crippen molar-refractivity contribution in [2.24, 2.45) is 11.3 Å². The number of alkyl halides is 1. The van der Waals surface area contributed by atoms with Gasteiger partial charge in [0.1, 0.15) is 6.23 Å². The normalized spacial score (nSPS) is 34.7. The maximum Gasteiger partial charge on any atom is 0.150 e. The highest BCUT2D eigenvalue weighted by Crippen LogP contribution is 2.50. The molecule has 0 radical (unpaired) electrons. The van der Waals surface area contributed by atoms with Gasteiger partial charge in [-0.25, -0.2) is 4.39 Å². The first-order valence-electron chi connectivity index (χ1n) is 6.64. The zero-order chi connectivity index (χ0) is 11.4. The minimum absolute atomic E-state index is 0.429. The van der Waals surface area contributed by atoms with E-state index in [1.807, 2.05) is 4.90 Å². The molecule has 1 unspecified atom stereocenters. The zero-order valence-electron chi connectivity index (χ0n) is 10.1. The molecule has 1 saturated heterocycles. The lowest BCUT2D eigenvalue weighted by Crippen LogP contribution is -2.63. The maximum atomic E-state index is 13.7. The van der Waals surface area contributed by atoms with Crippen molar-refractivity contribution in [1.29, 1.82) is 0 Å². The number of hydrogen-bond acceptors (Lipinski definition) is 2. The second-order valence-corrected chi connectivity index (χ2v) is 6.50. The predicted octanol–water partition coefficient (Wildman–Crippen LogP) is 2.32. The number of aliphatic hydroxyl groups excluding tert-OH is 1. The molecule has 2 nitrogen and oxygen atoms in total. The van der Waals surface area contributed by atoms with Gasteiger partial charge in [-0.1, -0.05) is 19.8 Å². The maximum absolute atomic E-state index is 13.7. The van der Waals surface area contributed by atoms with E-state index in [1.54, 1.807) is 0 Å². The fourth-order valence-electron chi connectivity index (χ4n) is 3.38. The molecule has 1 atom stereocenters. The van der Waals surface area contributed by atoms with Gasteiger partial charge in [0, 0.05) is 13.1 Å². The smallest absolute Gasteiger partial charge is 0.150 e. The molecule has 1 spiro atoms. The van der Waals surface area contributed by atoms with Crippen molar-refractivity contribution < 1.29 is 9.50 Å². The molecule has 0 aromatic heterocycles. The van der Waals surface area contributed by atoms with Gasteiger partial charge in [-0.3, -0.25) is 4.90 Å². The Labute approximate surface area is 96.8 Å². The standard InChI is InChI=1S/C13H22FNO/c1-10-2-4-12(5-3-10)8-15(9-12)11(16)13(14)6-7-13/h10-11,16H,2-9H2,1H3. The number of aliphatic hydroxyl groups is 1. The van der Waals surface area contributed by atoms with E-state index in [0.717, 1.165) is 19.0 Å². The monoisotopic (exact) mass is 227 g/mol. The average molecular weight is 227 g/mol. The minimum atomic E-state index is -1.26. The Bertz CT molecular complexity index is 274. The van der Waals surface area contributed by atoms with Gasteiger partial charge in [-0.05, 0) is 37.0 Å². The molecule has 0 aromatic carbocycles. The summed E-state index contributed by atoms with van der Waals surface area (Å²) in [4.78, 5) is 1.95. The summed E-state index contributed by atoms with van der Waals surface area (Å²) >= 11 is 0. The first-order valence-corrected chi connectivity index (χ1v) is 6.64. The fourth-order valence-corrected chi connectivity index (χ4v) is 3.38. The number of halogens is 1. The van der Waals surface area contributed by atoms with Crippen molar-refractivity contribution in [2.45, 2.75) is 57.3 Å². The lowest BCUT2D eigenvalue weighted by Gasteiger charge is -2.55. The van der Waals surface area contributed by atoms with E-state index in [1.165, 1.54) is 25.7 Å². The van der Waals surface area contributed by atoms with Crippen molar-refractivity contribution in [3.8, 4) is 0 Å². The van der Waals surface area contributed by atoms with Gasteiger partial charge >= 0.3 is 0 Å². The quantitative estimate of drug-likeness (QED) is 0.782. The van der Waals surface area contributed by atoms with E-state index in [9.17, 15) is 9.50 Å². The summed E-state index contributed by atoms with van der Waals surface area (Å²) in [7, 11) is 0. The Morgan fingerprint density at radius 2 is 1.75 bits per heavy atom. The number of rotatable bonds is 2. The van der Waals surface area contributed by atoms with Gasteiger partial charge in [0.25, 0.3) is 0 Å². The van der Waals surface area contributed by atoms with Crippen molar-refractivity contribution in [2.75, 3.05) is 13.1 Å². The van der Waals surface area contributed by atoms with Crippen molar-refractivity contribution in [3.63, 3.8) is 0 Å². The topological polar surface area (TPSA) is 23.5 Å². The van der Waals surface area contributed by atoms with Gasteiger partial charge in [0.15, 0.2) is 5.67 Å². The third kappa shape index (κ3) is 1.68. The summed E-state index contributed by atoms with van der Waals surface area (Å²) in [5.74, 6) is 0.862. The Kier molecular flexibility index (Phi) is 2.35. The van der Waals surface area contributed by atoms with Crippen LogP contribution in [0.1, 0.15) is 45.4 Å². The van der Waals surface area contributed by atoms with Crippen molar-refractivity contribution >= 4 is 0 Å². The van der Waals surface area contributed by atoms with Crippen LogP contribution < -0.4 is 0 Å². The van der Waals surface area contributed by atoms with Crippen molar-refractivity contribution in [3.05, 3.63) is 0 Å². The average Bonchev–Trinajstić information content (AvgIpc) is 2.95. The third-order valence-corrected chi connectivity index (χ3v) is 4.95. The van der Waals surface area contributed by atoms with E-state index in [-0.39, 0.29) is 0 Å². The minimum Gasteiger partial charge on any atom is -0.375 e. The van der Waals surface area contributed by atoms with E-state index in [0.29, 0.717) is 18.3 Å². The Morgan fingerprint density at radius 1 is 1.19 bits per heavy atom. The highest BCUT2D eigenvalue weighted by atomic mass is 19.1. The second kappa shape index (κ2) is 3.42. The fraction of sp³-hybridized carbons (Fsp3) is 1.00. The molecule has 2 saturated carbocycles. The molecule has 16 heavy (non-hydrogen) atoms. The van der Waals surface area contributed by atoms with Gasteiger partial charge < -0.3 is 5.11 Å². The number of likely N-dealkylation sites (tertiary alicyclic amines) is 1. The largest absolute Gasteiger partial charge is 0.375 e. The molecule has 3 rings (SSSR count). The molecule has 0 aromatic rings. The zero-order valence-corrected chi connectivity index (χ0v) is 10.1. The molecular formula is C13H22FNO. The van der Waals surface area contributed by atoms with Gasteiger partial charge in [-0.2, -0.15) is 0 Å². The molecule has 1 heterocycles. The van der Waals surface area contributed by atoms with Crippen molar-refractivity contribution in [1.82, 2.24) is 4.90 Å². The van der Waals surface area contributed by atoms with Crippen LogP contribution in [0.5, 0.6) is 0 Å². The van der Waals surface area contributed by atoms with Crippen LogP contribution in [0.3, 0.4) is 0 Å². The van der Waals surface area contributed by atoms with E-state index < -0.39 is 11.9 Å². The van der Waals surface area contributed by atoms with Crippen LogP contribution in [0, 0.1) is 11.3 Å². The summed E-state index contributed by atoms with van der Waals surface area (Å²) in [6, 6.07) is 0. The van der Waals surface area contributed by atoms with Crippen LogP contribution in [-0.4, -0.2) is 35.0 Å². The van der Waals surface area contributed by atoms with E-state index >= 15 is 0 Å². The molecule has 3 fully saturated rings. The Hall–Kier alpha value is -0.150. The van der Waals surface area contributed by atoms with Crippen LogP contribution in [-0.2, 0) is 0 Å². The molecule has 0 amide bonds. The highest BCUT2D eigenvalue weighted by Gasteiger charge is 2.57. The highest BCUT2D eigenvalue weighted by molar-refractivity contribution is 5.06. The van der Waals surface area contributed by atoms with E-state index in [4.69, 9.17) is 0 Å². The van der Waals surface area contributed by atoms with Crippen LogP contribution in [0.2, 0.25) is 0 Å². The third-order valence-electron chi connectivity index (χ3n) is 4.95. The summed E-state index contributed by atoms with van der Waals surface area (Å²) in [5, 5.41) is 9.88. The predicted molar refractivity (Wildman–Crippen MR) is 60.7 cm³/mol. The van der Waals surface area contributed by atoms with Crippen LogP contribution in [0.4, 0.5) is 4.39 Å². The molecular weight excluding hydrogens is 205 g/mol. The second-order valence-electron chi connectivity index (χ2n) is 6.50. The summed E-state index contributed by atoms with van der Waals surface area (Å²) in [5.41, 5.74) is -0.831. The van der Waals surface area contributed by atoms with Gasteiger partial charge in [-0.15, -0.1) is 0 Å². The Balaban J connectivity index is 1.54. The molecule has 3 aliphatic rings. The number of hydrogen-bond donors (Lipinski definition) is 1. The molecule has 0 bridgehead atoms. The van der Waals surface area contributed by atoms with Gasteiger partial charge in [0.05, 0.1) is 0 Å². The molecule has 3 heteroatoms. The first kappa shape index (κ1) is 11.0. The molecule has 2 aliphatic carbocycles. The Morgan fingerprint density at radius 3 is 2.25 bits per heavy atom. The summed E-state index contributed by atoms with van der Waals surface area (Å²) in [6.45, 7) is 4.16. The SMILES string of the molecule is CC1CCC2(CC1)CN(C(O)C1(F)CC1)C2. The van der Waals surface area contributed by atoms with Gasteiger partial charge in [0.2, 0.25) is 0 Å². The van der Waals surface area contributed by atoms with Crippen LogP contribution >= 0.6 is 0 Å². The first-order chi connectivity index (χ1) is 7.53. The molecule has 92 valence electrons. The molecule has 1 N–H and O–H groups in total. The summed E-state index contributed by atoms with van der Waals surface area (Å²) in [6.07, 6.45) is 5.45. The van der Waals surface area contributed by atoms with Crippen LogP contribution in [0.15, 0.2) is 0 Å². The van der Waals surface area contributed by atoms with Crippen LogP contribution in [0.25, 0.3) is 0 Å². The van der Waals surface area contributed by atoms with E-state index in [2.05, 4.69) is 6.92 Å². The molecule has 1 aliphatic heterocycles. The lowest BCUT2D eigenvalue weighted by molar-refractivity contribution is -0.157.